The average molecular weight is 319 g/mol. The second-order valence-electron chi connectivity index (χ2n) is 9.94. The highest BCUT2D eigenvalue weighted by Crippen LogP contribution is 2.47. The van der Waals surface area contributed by atoms with Gasteiger partial charge >= 0.3 is 0 Å². The molecule has 0 amide bonds. The standard InChI is InChI=1S/C23H42/c1-23(17-20-11-5-2-6-12-20,18-21-13-7-3-8-14-21)19-22-15-9-4-10-16-22/h20-22H,2-19H2,1H3. The van der Waals surface area contributed by atoms with Gasteiger partial charge in [-0.3, -0.25) is 0 Å². The quantitative estimate of drug-likeness (QED) is 0.467. The minimum atomic E-state index is 0.673. The molecule has 3 rings (SSSR count). The molecule has 0 heteroatoms. The van der Waals surface area contributed by atoms with Crippen LogP contribution in [0.5, 0.6) is 0 Å². The molecule has 0 unspecified atom stereocenters. The Hall–Kier alpha value is 0. The Bertz CT molecular complexity index is 263. The van der Waals surface area contributed by atoms with Crippen molar-refractivity contribution in [2.75, 3.05) is 0 Å². The molecule has 0 radical (unpaired) electrons. The van der Waals surface area contributed by atoms with Crippen molar-refractivity contribution in [2.24, 2.45) is 23.2 Å². The smallest absolute Gasteiger partial charge is 0.0318 e. The number of hydrogen-bond acceptors (Lipinski definition) is 0. The summed E-state index contributed by atoms with van der Waals surface area (Å²) in [7, 11) is 0. The van der Waals surface area contributed by atoms with Crippen molar-refractivity contribution in [3.05, 3.63) is 0 Å². The second-order valence-corrected chi connectivity index (χ2v) is 9.94. The van der Waals surface area contributed by atoms with Crippen LogP contribution >= 0.6 is 0 Å². The molecule has 0 atom stereocenters. The molecule has 3 aliphatic rings. The summed E-state index contributed by atoms with van der Waals surface area (Å²) in [6.07, 6.45) is 27.7. The van der Waals surface area contributed by atoms with E-state index in [0.717, 1.165) is 17.8 Å². The van der Waals surface area contributed by atoms with Crippen LogP contribution in [-0.2, 0) is 0 Å². The van der Waals surface area contributed by atoms with Crippen molar-refractivity contribution < 1.29 is 0 Å². The van der Waals surface area contributed by atoms with E-state index in [-0.39, 0.29) is 0 Å². The maximum Gasteiger partial charge on any atom is -0.0318 e. The molecule has 0 bridgehead atoms. The third-order valence-corrected chi connectivity index (χ3v) is 7.52. The minimum absolute atomic E-state index is 0.673. The minimum Gasteiger partial charge on any atom is -0.0596 e. The third kappa shape index (κ3) is 5.79. The van der Waals surface area contributed by atoms with Gasteiger partial charge in [0.25, 0.3) is 0 Å². The molecule has 0 nitrogen and oxygen atoms in total. The molecule has 134 valence electrons. The summed E-state index contributed by atoms with van der Waals surface area (Å²) < 4.78 is 0. The van der Waals surface area contributed by atoms with Crippen LogP contribution in [0.1, 0.15) is 122 Å². The van der Waals surface area contributed by atoms with Gasteiger partial charge in [-0.25, -0.2) is 0 Å². The largest absolute Gasteiger partial charge is 0.0596 e. The van der Waals surface area contributed by atoms with Gasteiger partial charge < -0.3 is 0 Å². The van der Waals surface area contributed by atoms with E-state index in [1.807, 2.05) is 0 Å². The fourth-order valence-corrected chi connectivity index (χ4v) is 6.51. The van der Waals surface area contributed by atoms with Crippen LogP contribution in [-0.4, -0.2) is 0 Å². The first kappa shape index (κ1) is 17.8. The van der Waals surface area contributed by atoms with E-state index in [1.165, 1.54) is 57.8 Å². The Labute approximate surface area is 146 Å². The van der Waals surface area contributed by atoms with Gasteiger partial charge in [-0.2, -0.15) is 0 Å². The highest BCUT2D eigenvalue weighted by atomic mass is 14.4. The first-order valence-electron chi connectivity index (χ1n) is 11.2. The Morgan fingerprint density at radius 3 is 1.00 bits per heavy atom. The van der Waals surface area contributed by atoms with Crippen molar-refractivity contribution in [2.45, 2.75) is 122 Å². The summed E-state index contributed by atoms with van der Waals surface area (Å²) in [4.78, 5) is 0. The lowest BCUT2D eigenvalue weighted by molar-refractivity contribution is 0.103. The van der Waals surface area contributed by atoms with Crippen LogP contribution in [0.2, 0.25) is 0 Å². The molecule has 0 aliphatic heterocycles. The highest BCUT2D eigenvalue weighted by Gasteiger charge is 2.34. The van der Waals surface area contributed by atoms with E-state index in [1.54, 1.807) is 57.8 Å². The van der Waals surface area contributed by atoms with Crippen LogP contribution in [0.15, 0.2) is 0 Å². The van der Waals surface area contributed by atoms with Gasteiger partial charge in [0.15, 0.2) is 0 Å². The molecule has 0 aromatic rings. The molecular formula is C23H42. The summed E-state index contributed by atoms with van der Waals surface area (Å²) in [6, 6.07) is 0. The zero-order valence-electron chi connectivity index (χ0n) is 16.0. The SMILES string of the molecule is CC(CC1CCCCC1)(CC1CCCCC1)CC1CCCCC1. The van der Waals surface area contributed by atoms with E-state index in [9.17, 15) is 0 Å². The van der Waals surface area contributed by atoms with Crippen molar-refractivity contribution in [1.82, 2.24) is 0 Å². The van der Waals surface area contributed by atoms with Gasteiger partial charge in [0.2, 0.25) is 0 Å². The van der Waals surface area contributed by atoms with Crippen molar-refractivity contribution >= 4 is 0 Å². The Morgan fingerprint density at radius 2 is 0.739 bits per heavy atom. The summed E-state index contributed by atoms with van der Waals surface area (Å²) in [5.74, 6) is 3.21. The fraction of sp³-hybridized carbons (Fsp3) is 1.00. The van der Waals surface area contributed by atoms with Gasteiger partial charge in [0.1, 0.15) is 0 Å². The summed E-state index contributed by atoms with van der Waals surface area (Å²) in [6.45, 7) is 2.71. The van der Waals surface area contributed by atoms with E-state index in [4.69, 9.17) is 0 Å². The predicted octanol–water partition coefficient (Wildman–Crippen LogP) is 7.90. The molecule has 0 spiro atoms. The van der Waals surface area contributed by atoms with Crippen LogP contribution in [0.4, 0.5) is 0 Å². The topological polar surface area (TPSA) is 0 Å². The molecule has 0 aromatic carbocycles. The lowest BCUT2D eigenvalue weighted by Gasteiger charge is -2.41. The van der Waals surface area contributed by atoms with Gasteiger partial charge in [0, 0.05) is 0 Å². The molecule has 3 saturated carbocycles. The Balaban J connectivity index is 1.59. The van der Waals surface area contributed by atoms with E-state index >= 15 is 0 Å². The van der Waals surface area contributed by atoms with Crippen LogP contribution in [0, 0.1) is 23.2 Å². The molecule has 23 heavy (non-hydrogen) atoms. The molecule has 3 aliphatic carbocycles. The zero-order chi connectivity index (χ0) is 16.0. The third-order valence-electron chi connectivity index (χ3n) is 7.52. The first-order chi connectivity index (χ1) is 11.2. The normalized spacial score (nSPS) is 26.5. The summed E-state index contributed by atoms with van der Waals surface area (Å²) in [5, 5.41) is 0. The zero-order valence-corrected chi connectivity index (χ0v) is 16.0. The lowest BCUT2D eigenvalue weighted by atomic mass is 9.64. The molecule has 0 N–H and O–H groups in total. The number of rotatable bonds is 6. The molecular weight excluding hydrogens is 276 g/mol. The first-order valence-corrected chi connectivity index (χ1v) is 11.2. The average Bonchev–Trinajstić information content (AvgIpc) is 2.57. The molecule has 0 saturated heterocycles. The second kappa shape index (κ2) is 8.91. The van der Waals surface area contributed by atoms with Gasteiger partial charge in [-0.15, -0.1) is 0 Å². The monoisotopic (exact) mass is 318 g/mol. The van der Waals surface area contributed by atoms with Crippen molar-refractivity contribution in [1.29, 1.82) is 0 Å². The molecule has 3 fully saturated rings. The van der Waals surface area contributed by atoms with Gasteiger partial charge in [-0.1, -0.05) is 103 Å². The van der Waals surface area contributed by atoms with E-state index in [2.05, 4.69) is 6.92 Å². The van der Waals surface area contributed by atoms with E-state index < -0.39 is 0 Å². The van der Waals surface area contributed by atoms with Crippen LogP contribution in [0.25, 0.3) is 0 Å². The summed E-state index contributed by atoms with van der Waals surface area (Å²) in [5.41, 5.74) is 0.673. The molecule has 0 heterocycles. The maximum absolute atomic E-state index is 2.71. The van der Waals surface area contributed by atoms with Crippen molar-refractivity contribution in [3.8, 4) is 0 Å². The van der Waals surface area contributed by atoms with Gasteiger partial charge in [0.05, 0.1) is 0 Å². The molecule has 0 aromatic heterocycles. The van der Waals surface area contributed by atoms with Crippen LogP contribution < -0.4 is 0 Å². The Kier molecular flexibility index (Phi) is 6.90. The summed E-state index contributed by atoms with van der Waals surface area (Å²) >= 11 is 0. The van der Waals surface area contributed by atoms with Gasteiger partial charge in [-0.05, 0) is 42.4 Å². The van der Waals surface area contributed by atoms with Crippen LogP contribution in [0.3, 0.4) is 0 Å². The fourth-order valence-electron chi connectivity index (χ4n) is 6.51. The lowest BCUT2D eigenvalue weighted by Crippen LogP contribution is -2.29. The van der Waals surface area contributed by atoms with Crippen molar-refractivity contribution in [3.63, 3.8) is 0 Å². The Morgan fingerprint density at radius 1 is 0.478 bits per heavy atom. The predicted molar refractivity (Wildman–Crippen MR) is 102 cm³/mol. The van der Waals surface area contributed by atoms with E-state index in [0.29, 0.717) is 5.41 Å². The maximum atomic E-state index is 2.71. The number of hydrogen-bond donors (Lipinski definition) is 0. The highest BCUT2D eigenvalue weighted by molar-refractivity contribution is 4.86.